The lowest BCUT2D eigenvalue weighted by molar-refractivity contribution is 0.102. The number of carbonyl (C=O) groups is 1. The largest absolute Gasteiger partial charge is 0.338 e. The number of para-hydroxylation sites is 1. The molecule has 2 aromatic carbocycles. The highest BCUT2D eigenvalue weighted by atomic mass is 16.1. The maximum Gasteiger partial charge on any atom is 0.276 e. The molecule has 0 spiro atoms. The highest BCUT2D eigenvalue weighted by molar-refractivity contribution is 6.02. The Kier molecular flexibility index (Phi) is 5.20. The van der Waals surface area contributed by atoms with Crippen LogP contribution in [0.25, 0.3) is 0 Å². The van der Waals surface area contributed by atoms with Crippen molar-refractivity contribution >= 4 is 23.1 Å². The molecular formula is C20H17N5O. The summed E-state index contributed by atoms with van der Waals surface area (Å²) in [5, 5.41) is 22.9. The number of amides is 1. The summed E-state index contributed by atoms with van der Waals surface area (Å²) in [6.45, 7) is 2.08. The predicted octanol–water partition coefficient (Wildman–Crippen LogP) is 3.91. The maximum atomic E-state index is 12.3. The Hall–Kier alpha value is -3.72. The number of aryl methyl sites for hydroxylation is 1. The van der Waals surface area contributed by atoms with Crippen molar-refractivity contribution in [2.24, 2.45) is 0 Å². The van der Waals surface area contributed by atoms with Gasteiger partial charge in [-0.1, -0.05) is 31.2 Å². The molecule has 128 valence electrons. The Morgan fingerprint density at radius 2 is 1.81 bits per heavy atom. The van der Waals surface area contributed by atoms with Crippen LogP contribution < -0.4 is 10.6 Å². The van der Waals surface area contributed by atoms with Crippen LogP contribution in [0.4, 0.5) is 17.2 Å². The third kappa shape index (κ3) is 4.02. The van der Waals surface area contributed by atoms with Gasteiger partial charge in [-0.15, -0.1) is 10.2 Å². The fraction of sp³-hybridized carbons (Fsp3) is 0.100. The molecule has 1 amide bonds. The molecule has 0 atom stereocenters. The number of aromatic nitrogens is 2. The van der Waals surface area contributed by atoms with Gasteiger partial charge >= 0.3 is 0 Å². The molecule has 2 N–H and O–H groups in total. The number of nitriles is 1. The highest BCUT2D eigenvalue weighted by Crippen LogP contribution is 2.18. The fourth-order valence-corrected chi connectivity index (χ4v) is 2.37. The van der Waals surface area contributed by atoms with E-state index < -0.39 is 0 Å². The molecule has 0 unspecified atom stereocenters. The lowest BCUT2D eigenvalue weighted by Crippen LogP contribution is -2.14. The quantitative estimate of drug-likeness (QED) is 0.733. The molecule has 0 saturated heterocycles. The maximum absolute atomic E-state index is 12.3. The summed E-state index contributed by atoms with van der Waals surface area (Å²) in [4.78, 5) is 12.3. The molecule has 0 aliphatic carbocycles. The van der Waals surface area contributed by atoms with E-state index in [9.17, 15) is 4.79 Å². The van der Waals surface area contributed by atoms with Crippen LogP contribution >= 0.6 is 0 Å². The number of carbonyl (C=O) groups excluding carboxylic acids is 1. The first kappa shape index (κ1) is 17.1. The summed E-state index contributed by atoms with van der Waals surface area (Å²) in [5.41, 5.74) is 3.27. The van der Waals surface area contributed by atoms with Crippen LogP contribution in [0.1, 0.15) is 28.5 Å². The minimum Gasteiger partial charge on any atom is -0.338 e. The predicted molar refractivity (Wildman–Crippen MR) is 100 cm³/mol. The molecule has 0 bridgehead atoms. The number of rotatable bonds is 5. The van der Waals surface area contributed by atoms with Crippen molar-refractivity contribution in [2.75, 3.05) is 10.6 Å². The molecule has 26 heavy (non-hydrogen) atoms. The second kappa shape index (κ2) is 7.90. The van der Waals surface area contributed by atoms with Gasteiger partial charge in [0.2, 0.25) is 0 Å². The first-order chi connectivity index (χ1) is 12.7. The van der Waals surface area contributed by atoms with E-state index in [1.807, 2.05) is 30.3 Å². The average molecular weight is 343 g/mol. The Labute approximate surface area is 151 Å². The minimum atomic E-state index is -0.328. The van der Waals surface area contributed by atoms with Crippen LogP contribution in [-0.2, 0) is 6.42 Å². The van der Waals surface area contributed by atoms with Gasteiger partial charge in [-0.3, -0.25) is 4.79 Å². The van der Waals surface area contributed by atoms with Crippen molar-refractivity contribution in [3.8, 4) is 6.07 Å². The van der Waals surface area contributed by atoms with Crippen molar-refractivity contribution in [1.29, 1.82) is 5.26 Å². The minimum absolute atomic E-state index is 0.212. The van der Waals surface area contributed by atoms with E-state index in [0.717, 1.165) is 6.42 Å². The van der Waals surface area contributed by atoms with E-state index in [2.05, 4.69) is 33.8 Å². The van der Waals surface area contributed by atoms with Gasteiger partial charge in [-0.25, -0.2) is 0 Å². The second-order valence-corrected chi connectivity index (χ2v) is 5.59. The summed E-state index contributed by atoms with van der Waals surface area (Å²) >= 11 is 0. The summed E-state index contributed by atoms with van der Waals surface area (Å²) in [6.07, 6.45) is 0.948. The number of benzene rings is 2. The van der Waals surface area contributed by atoms with Gasteiger partial charge in [0.1, 0.15) is 6.07 Å². The molecular weight excluding hydrogens is 326 g/mol. The molecule has 1 heterocycles. The zero-order chi connectivity index (χ0) is 18.4. The number of hydrogen-bond acceptors (Lipinski definition) is 5. The van der Waals surface area contributed by atoms with Crippen LogP contribution in [0.15, 0.2) is 60.7 Å². The Morgan fingerprint density at radius 1 is 1.04 bits per heavy atom. The first-order valence-electron chi connectivity index (χ1n) is 8.20. The van der Waals surface area contributed by atoms with Gasteiger partial charge in [0.15, 0.2) is 11.5 Å². The number of hydrogen-bond donors (Lipinski definition) is 2. The molecule has 1 aromatic heterocycles. The normalized spacial score (nSPS) is 10.0. The average Bonchev–Trinajstić information content (AvgIpc) is 2.69. The molecule has 3 rings (SSSR count). The van der Waals surface area contributed by atoms with E-state index >= 15 is 0 Å². The Morgan fingerprint density at radius 3 is 2.46 bits per heavy atom. The zero-order valence-corrected chi connectivity index (χ0v) is 14.2. The zero-order valence-electron chi connectivity index (χ0n) is 14.2. The van der Waals surface area contributed by atoms with Crippen LogP contribution in [-0.4, -0.2) is 16.1 Å². The van der Waals surface area contributed by atoms with Gasteiger partial charge in [-0.05, 0) is 48.4 Å². The summed E-state index contributed by atoms with van der Waals surface area (Å²) in [7, 11) is 0. The van der Waals surface area contributed by atoms with Crippen molar-refractivity contribution in [1.82, 2.24) is 10.2 Å². The van der Waals surface area contributed by atoms with Crippen LogP contribution in [0.2, 0.25) is 0 Å². The van der Waals surface area contributed by atoms with Gasteiger partial charge < -0.3 is 10.6 Å². The van der Waals surface area contributed by atoms with E-state index in [4.69, 9.17) is 5.26 Å². The summed E-state index contributed by atoms with van der Waals surface area (Å²) < 4.78 is 0. The van der Waals surface area contributed by atoms with Crippen LogP contribution in [0, 0.1) is 11.3 Å². The fourth-order valence-electron chi connectivity index (χ4n) is 2.37. The molecule has 3 aromatic rings. The smallest absolute Gasteiger partial charge is 0.276 e. The molecule has 6 heteroatoms. The number of anilines is 3. The molecule has 0 fully saturated rings. The van der Waals surface area contributed by atoms with E-state index in [-0.39, 0.29) is 11.6 Å². The SMILES string of the molecule is CCc1ccc(NC(=O)c2ccc(Nc3ccccc3C#N)nn2)cc1. The molecule has 0 aliphatic rings. The number of nitrogens with one attached hydrogen (secondary N) is 2. The number of nitrogens with zero attached hydrogens (tertiary/aromatic N) is 3. The van der Waals surface area contributed by atoms with Crippen molar-refractivity contribution in [3.05, 3.63) is 77.5 Å². The van der Waals surface area contributed by atoms with Gasteiger partial charge in [0.05, 0.1) is 11.3 Å². The van der Waals surface area contributed by atoms with Crippen LogP contribution in [0.5, 0.6) is 0 Å². The van der Waals surface area contributed by atoms with Gasteiger partial charge in [0, 0.05) is 5.69 Å². The van der Waals surface area contributed by atoms with E-state index in [1.165, 1.54) is 5.56 Å². The molecule has 0 aliphatic heterocycles. The van der Waals surface area contributed by atoms with Crippen molar-refractivity contribution < 1.29 is 4.79 Å². The van der Waals surface area contributed by atoms with E-state index in [1.54, 1.807) is 30.3 Å². The third-order valence-corrected chi connectivity index (χ3v) is 3.83. The highest BCUT2D eigenvalue weighted by Gasteiger charge is 2.09. The van der Waals surface area contributed by atoms with Crippen molar-refractivity contribution in [2.45, 2.75) is 13.3 Å². The Balaban J connectivity index is 1.68. The monoisotopic (exact) mass is 343 g/mol. The molecule has 0 saturated carbocycles. The Bertz CT molecular complexity index is 943. The first-order valence-corrected chi connectivity index (χ1v) is 8.20. The lowest BCUT2D eigenvalue weighted by atomic mass is 10.1. The van der Waals surface area contributed by atoms with Gasteiger partial charge in [-0.2, -0.15) is 5.26 Å². The van der Waals surface area contributed by atoms with Crippen molar-refractivity contribution in [3.63, 3.8) is 0 Å². The topological polar surface area (TPSA) is 90.7 Å². The molecule has 0 radical (unpaired) electrons. The van der Waals surface area contributed by atoms with E-state index in [0.29, 0.717) is 22.8 Å². The third-order valence-electron chi connectivity index (χ3n) is 3.83. The second-order valence-electron chi connectivity index (χ2n) is 5.59. The standard InChI is InChI=1S/C20H17N5O/c1-2-14-7-9-16(10-8-14)22-20(26)18-11-12-19(25-24-18)23-17-6-4-3-5-15(17)13-21/h3-12H,2H2,1H3,(H,22,26)(H,23,25). The lowest BCUT2D eigenvalue weighted by Gasteiger charge is -2.08. The van der Waals surface area contributed by atoms with Gasteiger partial charge in [0.25, 0.3) is 5.91 Å². The van der Waals surface area contributed by atoms with Crippen LogP contribution in [0.3, 0.4) is 0 Å². The molecule has 6 nitrogen and oxygen atoms in total. The summed E-state index contributed by atoms with van der Waals surface area (Å²) in [5.74, 6) is 0.127. The summed E-state index contributed by atoms with van der Waals surface area (Å²) in [6, 6.07) is 20.1.